The number of amides is 2. The van der Waals surface area contributed by atoms with Gasteiger partial charge in [-0.3, -0.25) is 14.9 Å². The van der Waals surface area contributed by atoms with Crippen molar-refractivity contribution in [2.45, 2.75) is 6.92 Å². The summed E-state index contributed by atoms with van der Waals surface area (Å²) in [6.45, 7) is 2.42. The Hall–Kier alpha value is -3.17. The summed E-state index contributed by atoms with van der Waals surface area (Å²) in [7, 11) is 0. The maximum absolute atomic E-state index is 12.4. The molecule has 3 aromatic rings. The predicted molar refractivity (Wildman–Crippen MR) is 122 cm³/mol. The first-order chi connectivity index (χ1) is 14.5. The van der Waals surface area contributed by atoms with E-state index in [9.17, 15) is 9.59 Å². The van der Waals surface area contributed by atoms with E-state index in [4.69, 9.17) is 21.4 Å². The standard InChI is InChI=1S/C21H18BrN3O4S/c1-2-28-17-10-5-13(12-16(17)22)19(26)25-21(30)24-15-8-6-14(7-9-15)23-20(27)18-4-3-11-29-18/h3-12H,2H2,1H3,(H,23,27)(H2,24,25,26,30). The molecule has 0 unspecified atom stereocenters. The van der Waals surface area contributed by atoms with Crippen LogP contribution in [0.1, 0.15) is 27.8 Å². The number of carbonyl (C=O) groups is 2. The van der Waals surface area contributed by atoms with Crippen molar-refractivity contribution >= 4 is 56.4 Å². The van der Waals surface area contributed by atoms with E-state index in [-0.39, 0.29) is 22.7 Å². The summed E-state index contributed by atoms with van der Waals surface area (Å²) in [5, 5.41) is 8.43. The molecular weight excluding hydrogens is 470 g/mol. The largest absolute Gasteiger partial charge is 0.493 e. The number of carbonyl (C=O) groups excluding carboxylic acids is 2. The summed E-state index contributed by atoms with van der Waals surface area (Å²) in [5.41, 5.74) is 1.69. The summed E-state index contributed by atoms with van der Waals surface area (Å²) in [6, 6.07) is 15.1. The van der Waals surface area contributed by atoms with E-state index in [0.29, 0.717) is 33.8 Å². The highest BCUT2D eigenvalue weighted by Crippen LogP contribution is 2.26. The minimum atomic E-state index is -0.349. The number of hydrogen-bond acceptors (Lipinski definition) is 5. The van der Waals surface area contributed by atoms with Crippen LogP contribution in [0.2, 0.25) is 0 Å². The molecule has 0 fully saturated rings. The van der Waals surface area contributed by atoms with Gasteiger partial charge in [0.15, 0.2) is 10.9 Å². The van der Waals surface area contributed by atoms with Gasteiger partial charge in [-0.25, -0.2) is 0 Å². The van der Waals surface area contributed by atoms with Gasteiger partial charge in [-0.2, -0.15) is 0 Å². The first-order valence-corrected chi connectivity index (χ1v) is 10.2. The predicted octanol–water partition coefficient (Wildman–Crippen LogP) is 4.82. The minimum Gasteiger partial charge on any atom is -0.493 e. The molecule has 1 heterocycles. The fourth-order valence-electron chi connectivity index (χ4n) is 2.49. The number of halogens is 1. The van der Waals surface area contributed by atoms with E-state index in [1.807, 2.05) is 6.92 Å². The molecule has 0 saturated heterocycles. The number of hydrogen-bond donors (Lipinski definition) is 3. The van der Waals surface area contributed by atoms with Crippen molar-refractivity contribution in [3.63, 3.8) is 0 Å². The van der Waals surface area contributed by atoms with Crippen LogP contribution >= 0.6 is 28.1 Å². The zero-order valence-corrected chi connectivity index (χ0v) is 18.3. The minimum absolute atomic E-state index is 0.150. The molecule has 30 heavy (non-hydrogen) atoms. The number of rotatable bonds is 6. The van der Waals surface area contributed by atoms with Crippen molar-refractivity contribution in [3.05, 3.63) is 76.7 Å². The van der Waals surface area contributed by atoms with E-state index in [0.717, 1.165) is 0 Å². The number of anilines is 2. The van der Waals surface area contributed by atoms with Crippen molar-refractivity contribution in [1.82, 2.24) is 5.32 Å². The van der Waals surface area contributed by atoms with Crippen molar-refractivity contribution in [2.75, 3.05) is 17.2 Å². The summed E-state index contributed by atoms with van der Waals surface area (Å²) in [4.78, 5) is 24.4. The Balaban J connectivity index is 1.55. The van der Waals surface area contributed by atoms with Crippen LogP contribution in [0, 0.1) is 0 Å². The third-order valence-corrected chi connectivity index (χ3v) is 4.69. The Morgan fingerprint density at radius 3 is 2.33 bits per heavy atom. The highest BCUT2D eigenvalue weighted by molar-refractivity contribution is 9.10. The molecule has 154 valence electrons. The Kier molecular flexibility index (Phi) is 7.21. The second-order valence-electron chi connectivity index (χ2n) is 6.00. The zero-order chi connectivity index (χ0) is 21.5. The Morgan fingerprint density at radius 2 is 1.73 bits per heavy atom. The molecular formula is C21H18BrN3O4S. The third-order valence-electron chi connectivity index (χ3n) is 3.87. The van der Waals surface area contributed by atoms with Crippen LogP contribution in [-0.4, -0.2) is 23.5 Å². The van der Waals surface area contributed by atoms with E-state index in [1.165, 1.54) is 6.26 Å². The first kappa shape index (κ1) is 21.5. The number of thiocarbonyl (C=S) groups is 1. The molecule has 3 N–H and O–H groups in total. The number of nitrogens with one attached hydrogen (secondary N) is 3. The topological polar surface area (TPSA) is 92.6 Å². The van der Waals surface area contributed by atoms with Crippen molar-refractivity contribution < 1.29 is 18.7 Å². The normalized spacial score (nSPS) is 10.2. The molecule has 0 aliphatic heterocycles. The van der Waals surface area contributed by atoms with Gasteiger partial charge in [0, 0.05) is 16.9 Å². The quantitative estimate of drug-likeness (QED) is 0.431. The van der Waals surface area contributed by atoms with Gasteiger partial charge in [-0.05, 0) is 89.7 Å². The molecule has 0 aliphatic carbocycles. The van der Waals surface area contributed by atoms with Gasteiger partial charge in [0.1, 0.15) is 5.75 Å². The van der Waals surface area contributed by atoms with E-state index in [2.05, 4.69) is 31.9 Å². The first-order valence-electron chi connectivity index (χ1n) is 8.96. The van der Waals surface area contributed by atoms with Crippen molar-refractivity contribution in [2.24, 2.45) is 0 Å². The van der Waals surface area contributed by atoms with Crippen LogP contribution in [-0.2, 0) is 0 Å². The van der Waals surface area contributed by atoms with Gasteiger partial charge in [0.05, 0.1) is 17.3 Å². The molecule has 9 heteroatoms. The molecule has 0 spiro atoms. The summed E-state index contributed by atoms with van der Waals surface area (Å²) >= 11 is 8.59. The molecule has 3 rings (SSSR count). The van der Waals surface area contributed by atoms with Crippen LogP contribution in [0.4, 0.5) is 11.4 Å². The number of ether oxygens (including phenoxy) is 1. The van der Waals surface area contributed by atoms with Crippen LogP contribution in [0.3, 0.4) is 0 Å². The van der Waals surface area contributed by atoms with Gasteiger partial charge >= 0.3 is 0 Å². The van der Waals surface area contributed by atoms with Gasteiger partial charge in [0.2, 0.25) is 0 Å². The Labute approximate surface area is 186 Å². The lowest BCUT2D eigenvalue weighted by atomic mass is 10.2. The van der Waals surface area contributed by atoms with Crippen molar-refractivity contribution in [3.8, 4) is 5.75 Å². The molecule has 0 aliphatic rings. The van der Waals surface area contributed by atoms with E-state index < -0.39 is 0 Å². The number of furan rings is 1. The molecule has 0 saturated carbocycles. The summed E-state index contributed by atoms with van der Waals surface area (Å²) in [5.74, 6) is 0.194. The highest BCUT2D eigenvalue weighted by Gasteiger charge is 2.12. The lowest BCUT2D eigenvalue weighted by molar-refractivity contribution is 0.0975. The van der Waals surface area contributed by atoms with Gasteiger partial charge in [0.25, 0.3) is 11.8 Å². The highest BCUT2D eigenvalue weighted by atomic mass is 79.9. The van der Waals surface area contributed by atoms with Gasteiger partial charge < -0.3 is 19.8 Å². The second kappa shape index (κ2) is 10.0. The average Bonchev–Trinajstić information content (AvgIpc) is 3.26. The van der Waals surface area contributed by atoms with Crippen LogP contribution < -0.4 is 20.7 Å². The van der Waals surface area contributed by atoms with Crippen LogP contribution in [0.25, 0.3) is 0 Å². The molecule has 0 radical (unpaired) electrons. The fraction of sp³-hybridized carbons (Fsp3) is 0.0952. The molecule has 2 aromatic carbocycles. The molecule has 0 atom stereocenters. The summed E-state index contributed by atoms with van der Waals surface area (Å²) < 4.78 is 11.2. The zero-order valence-electron chi connectivity index (χ0n) is 15.9. The molecule has 2 amide bonds. The fourth-order valence-corrected chi connectivity index (χ4v) is 3.19. The average molecular weight is 488 g/mol. The lowest BCUT2D eigenvalue weighted by Crippen LogP contribution is -2.34. The van der Waals surface area contributed by atoms with Crippen LogP contribution in [0.15, 0.2) is 69.8 Å². The molecule has 7 nitrogen and oxygen atoms in total. The maximum Gasteiger partial charge on any atom is 0.291 e. The molecule has 1 aromatic heterocycles. The third kappa shape index (κ3) is 5.68. The van der Waals surface area contributed by atoms with Gasteiger partial charge in [-0.1, -0.05) is 0 Å². The lowest BCUT2D eigenvalue weighted by Gasteiger charge is -2.11. The van der Waals surface area contributed by atoms with Gasteiger partial charge in [-0.15, -0.1) is 0 Å². The summed E-state index contributed by atoms with van der Waals surface area (Å²) in [6.07, 6.45) is 1.43. The Bertz CT molecular complexity index is 1050. The SMILES string of the molecule is CCOc1ccc(C(=O)NC(=S)Nc2ccc(NC(=O)c3ccco3)cc2)cc1Br. The Morgan fingerprint density at radius 1 is 1.03 bits per heavy atom. The second-order valence-corrected chi connectivity index (χ2v) is 7.26. The van der Waals surface area contributed by atoms with Crippen molar-refractivity contribution in [1.29, 1.82) is 0 Å². The monoisotopic (exact) mass is 487 g/mol. The van der Waals surface area contributed by atoms with E-state index >= 15 is 0 Å². The van der Waals surface area contributed by atoms with Crippen LogP contribution in [0.5, 0.6) is 5.75 Å². The maximum atomic E-state index is 12.4. The molecule has 0 bridgehead atoms. The smallest absolute Gasteiger partial charge is 0.291 e. The number of benzene rings is 2. The van der Waals surface area contributed by atoms with E-state index in [1.54, 1.807) is 54.6 Å².